The molecule has 0 spiro atoms. The number of carbonyl (C=O) groups excluding carboxylic acids is 1. The van der Waals surface area contributed by atoms with Crippen molar-refractivity contribution in [2.75, 3.05) is 6.54 Å². The molecule has 0 fully saturated rings. The summed E-state index contributed by atoms with van der Waals surface area (Å²) in [4.78, 5) is 13.8. The molecular weight excluding hydrogens is 256 g/mol. The van der Waals surface area contributed by atoms with E-state index in [1.807, 2.05) is 26.8 Å². The molecule has 3 N–H and O–H groups in total. The zero-order chi connectivity index (χ0) is 14.5. The lowest BCUT2D eigenvalue weighted by Gasteiger charge is -2.25. The molecule has 0 aliphatic rings. The van der Waals surface area contributed by atoms with Crippen molar-refractivity contribution in [3.63, 3.8) is 0 Å². The van der Waals surface area contributed by atoms with E-state index < -0.39 is 0 Å². The van der Waals surface area contributed by atoms with Gasteiger partial charge in [-0.2, -0.15) is 0 Å². The average molecular weight is 278 g/mol. The fourth-order valence-corrected chi connectivity index (χ4v) is 2.85. The molecule has 0 saturated carbocycles. The molecule has 1 rings (SSSR count). The van der Waals surface area contributed by atoms with E-state index in [4.69, 9.17) is 5.73 Å². The van der Waals surface area contributed by atoms with Gasteiger partial charge in [-0.15, -0.1) is 11.3 Å². The molecule has 0 aliphatic heterocycles. The van der Waals surface area contributed by atoms with Gasteiger partial charge in [0.15, 0.2) is 0 Å². The maximum atomic E-state index is 12.2. The van der Waals surface area contributed by atoms with Crippen LogP contribution in [0.4, 0.5) is 0 Å². The van der Waals surface area contributed by atoms with E-state index in [9.17, 15) is 4.79 Å². The van der Waals surface area contributed by atoms with Gasteiger partial charge in [-0.1, -0.05) is 25.2 Å². The summed E-state index contributed by atoms with van der Waals surface area (Å²) in [7, 11) is 0. The lowest BCUT2D eigenvalue weighted by atomic mass is 9.99. The van der Waals surface area contributed by atoms with Crippen molar-refractivity contribution in [1.82, 2.24) is 5.32 Å². The first-order valence-electron chi connectivity index (χ1n) is 6.51. The number of thiophene rings is 1. The normalized spacial score (nSPS) is 10.8. The van der Waals surface area contributed by atoms with Crippen LogP contribution < -0.4 is 11.1 Å². The van der Waals surface area contributed by atoms with Crippen molar-refractivity contribution in [2.45, 2.75) is 46.1 Å². The molecule has 1 aromatic rings. The number of aryl methyl sites for hydroxylation is 1. The van der Waals surface area contributed by atoms with Crippen molar-refractivity contribution in [2.24, 2.45) is 5.73 Å². The summed E-state index contributed by atoms with van der Waals surface area (Å²) in [6, 6.07) is 1.89. The minimum Gasteiger partial charge on any atom is -0.346 e. The summed E-state index contributed by atoms with van der Waals surface area (Å²) in [6.45, 7) is 8.51. The fourth-order valence-electron chi connectivity index (χ4n) is 1.91. The zero-order valence-corrected chi connectivity index (χ0v) is 12.9. The Kier molecular flexibility index (Phi) is 5.59. The molecule has 19 heavy (non-hydrogen) atoms. The van der Waals surface area contributed by atoms with E-state index in [0.717, 1.165) is 23.3 Å². The minimum absolute atomic E-state index is 0.0210. The molecule has 0 radical (unpaired) electrons. The summed E-state index contributed by atoms with van der Waals surface area (Å²) in [5.41, 5.74) is 6.22. The number of nitrogens with two attached hydrogens (primary N) is 1. The third-order valence-electron chi connectivity index (χ3n) is 2.77. The molecule has 0 aromatic carbocycles. The summed E-state index contributed by atoms with van der Waals surface area (Å²) in [5, 5.41) is 3.07. The van der Waals surface area contributed by atoms with Crippen LogP contribution in [0, 0.1) is 18.8 Å². The Morgan fingerprint density at radius 1 is 1.53 bits per heavy atom. The second-order valence-corrected chi connectivity index (χ2v) is 6.27. The molecule has 0 bridgehead atoms. The summed E-state index contributed by atoms with van der Waals surface area (Å²) >= 11 is 1.43. The summed E-state index contributed by atoms with van der Waals surface area (Å²) in [6.07, 6.45) is 2.01. The molecule has 0 atom stereocenters. The van der Waals surface area contributed by atoms with Gasteiger partial charge in [0.25, 0.3) is 5.91 Å². The number of hydrogen-bond donors (Lipinski definition) is 2. The van der Waals surface area contributed by atoms with Gasteiger partial charge in [-0.05, 0) is 38.8 Å². The average Bonchev–Trinajstić information content (AvgIpc) is 2.67. The maximum absolute atomic E-state index is 12.2. The Hall–Kier alpha value is -1.31. The molecule has 0 aliphatic carbocycles. The number of hydrogen-bond acceptors (Lipinski definition) is 3. The van der Waals surface area contributed by atoms with Crippen LogP contribution in [0.3, 0.4) is 0 Å². The van der Waals surface area contributed by atoms with Gasteiger partial charge >= 0.3 is 0 Å². The third kappa shape index (κ3) is 4.70. The Labute approximate surface area is 119 Å². The number of amides is 1. The largest absolute Gasteiger partial charge is 0.346 e. The van der Waals surface area contributed by atoms with Crippen LogP contribution in [-0.4, -0.2) is 18.0 Å². The highest BCUT2D eigenvalue weighted by molar-refractivity contribution is 7.14. The second-order valence-electron chi connectivity index (χ2n) is 5.22. The topological polar surface area (TPSA) is 55.1 Å². The Morgan fingerprint density at radius 3 is 2.79 bits per heavy atom. The highest BCUT2D eigenvalue weighted by atomic mass is 32.1. The van der Waals surface area contributed by atoms with E-state index >= 15 is 0 Å². The molecule has 4 heteroatoms. The summed E-state index contributed by atoms with van der Waals surface area (Å²) in [5.74, 6) is 5.80. The lowest BCUT2D eigenvalue weighted by molar-refractivity contribution is 0.0913. The third-order valence-corrected chi connectivity index (χ3v) is 3.92. The Balaban J connectivity index is 2.84. The van der Waals surface area contributed by atoms with Gasteiger partial charge in [0.1, 0.15) is 0 Å². The van der Waals surface area contributed by atoms with Gasteiger partial charge in [0.2, 0.25) is 0 Å². The lowest BCUT2D eigenvalue weighted by Crippen LogP contribution is -2.42. The monoisotopic (exact) mass is 278 g/mol. The molecule has 1 aromatic heterocycles. The Bertz CT molecular complexity index is 506. The molecule has 104 valence electrons. The van der Waals surface area contributed by atoms with Gasteiger partial charge in [-0.3, -0.25) is 4.79 Å². The molecule has 3 nitrogen and oxygen atoms in total. The number of nitrogens with one attached hydrogen (secondary N) is 1. The van der Waals surface area contributed by atoms with Crippen molar-refractivity contribution < 1.29 is 4.79 Å². The van der Waals surface area contributed by atoms with Crippen LogP contribution in [0.2, 0.25) is 0 Å². The highest BCUT2D eigenvalue weighted by Crippen LogP contribution is 2.22. The fraction of sp³-hybridized carbons (Fsp3) is 0.533. The van der Waals surface area contributed by atoms with Crippen molar-refractivity contribution in [3.05, 3.63) is 21.4 Å². The van der Waals surface area contributed by atoms with E-state index in [0.29, 0.717) is 11.4 Å². The number of rotatable bonds is 4. The van der Waals surface area contributed by atoms with Crippen LogP contribution in [0.15, 0.2) is 6.07 Å². The van der Waals surface area contributed by atoms with E-state index in [1.54, 1.807) is 0 Å². The molecule has 1 heterocycles. The van der Waals surface area contributed by atoms with Gasteiger partial charge in [-0.25, -0.2) is 0 Å². The van der Waals surface area contributed by atoms with Crippen LogP contribution in [0.5, 0.6) is 0 Å². The van der Waals surface area contributed by atoms with Crippen molar-refractivity contribution >= 4 is 17.2 Å². The smallest absolute Gasteiger partial charge is 0.261 e. The quantitative estimate of drug-likeness (QED) is 0.832. The van der Waals surface area contributed by atoms with Gasteiger partial charge < -0.3 is 11.1 Å². The zero-order valence-electron chi connectivity index (χ0n) is 12.1. The van der Waals surface area contributed by atoms with E-state index in [-0.39, 0.29) is 11.4 Å². The van der Waals surface area contributed by atoms with Crippen LogP contribution in [0.25, 0.3) is 0 Å². The maximum Gasteiger partial charge on any atom is 0.261 e. The molecule has 0 unspecified atom stereocenters. The summed E-state index contributed by atoms with van der Waals surface area (Å²) < 4.78 is 0. The highest BCUT2D eigenvalue weighted by Gasteiger charge is 2.21. The second kappa shape index (κ2) is 6.74. The minimum atomic E-state index is -0.174. The first-order valence-corrected chi connectivity index (χ1v) is 7.33. The molecule has 1 amide bonds. The predicted octanol–water partition coefficient (Wildman–Crippen LogP) is 2.68. The van der Waals surface area contributed by atoms with E-state index in [1.165, 1.54) is 11.3 Å². The van der Waals surface area contributed by atoms with Crippen molar-refractivity contribution in [1.29, 1.82) is 0 Å². The molecule has 0 saturated heterocycles. The van der Waals surface area contributed by atoms with E-state index in [2.05, 4.69) is 24.1 Å². The van der Waals surface area contributed by atoms with Gasteiger partial charge in [0, 0.05) is 5.54 Å². The van der Waals surface area contributed by atoms with Crippen LogP contribution in [0.1, 0.15) is 53.7 Å². The standard InChI is InChI=1S/C15H22N2OS/c1-5-8-15(3,4)17-14(18)13-10-11(2)12(19-13)7-6-9-16/h10H,5,8-9,16H2,1-4H3,(H,17,18). The predicted molar refractivity (Wildman–Crippen MR) is 81.4 cm³/mol. The number of carbonyl (C=O) groups is 1. The first kappa shape index (κ1) is 15.7. The SMILES string of the molecule is CCCC(C)(C)NC(=O)c1cc(C)c(C#CCN)s1. The Morgan fingerprint density at radius 2 is 2.21 bits per heavy atom. The van der Waals surface area contributed by atoms with Crippen molar-refractivity contribution in [3.8, 4) is 11.8 Å². The molecular formula is C15H22N2OS. The first-order chi connectivity index (χ1) is 8.89. The van der Waals surface area contributed by atoms with Gasteiger partial charge in [0.05, 0.1) is 16.3 Å². The van der Waals surface area contributed by atoms with Crippen LogP contribution >= 0.6 is 11.3 Å². The van der Waals surface area contributed by atoms with Crippen LogP contribution in [-0.2, 0) is 0 Å².